The predicted molar refractivity (Wildman–Crippen MR) is 73.5 cm³/mol. The summed E-state index contributed by atoms with van der Waals surface area (Å²) in [6.45, 7) is 0. The van der Waals surface area contributed by atoms with Gasteiger partial charge in [0.25, 0.3) is 15.6 Å². The lowest BCUT2D eigenvalue weighted by atomic mass is 10.2. The van der Waals surface area contributed by atoms with Crippen LogP contribution in [0, 0.1) is 0 Å². The molecule has 9 nitrogen and oxygen atoms in total. The number of aromatic amines is 1. The van der Waals surface area contributed by atoms with Crippen LogP contribution in [0.4, 0.5) is 11.5 Å². The molecule has 10 heteroatoms. The maximum Gasteiger partial charge on any atom is 0.337 e. The number of rotatable bonds is 4. The predicted octanol–water partition coefficient (Wildman–Crippen LogP) is -0.149. The number of carboxylic acid groups (broad SMARTS) is 1. The molecule has 0 bridgehead atoms. The zero-order valence-corrected chi connectivity index (χ0v) is 11.2. The number of anilines is 2. The molecule has 0 saturated carbocycles. The lowest BCUT2D eigenvalue weighted by molar-refractivity contribution is 0.0692. The van der Waals surface area contributed by atoms with Crippen LogP contribution in [-0.2, 0) is 10.0 Å². The van der Waals surface area contributed by atoms with Gasteiger partial charge in [-0.2, -0.15) is 5.10 Å². The molecule has 0 aliphatic rings. The fourth-order valence-electron chi connectivity index (χ4n) is 1.53. The highest BCUT2D eigenvalue weighted by molar-refractivity contribution is 7.92. The number of nitrogens with zero attached hydrogens (tertiary/aromatic N) is 1. The second-order valence-electron chi connectivity index (χ2n) is 3.97. The highest BCUT2D eigenvalue weighted by Gasteiger charge is 2.23. The van der Waals surface area contributed by atoms with Gasteiger partial charge in [-0.05, 0) is 24.3 Å². The van der Waals surface area contributed by atoms with Crippen molar-refractivity contribution in [3.05, 3.63) is 46.2 Å². The number of aromatic carboxylic acids is 1. The number of nitrogens with one attached hydrogen (secondary N) is 2. The Morgan fingerprint density at radius 2 is 2.00 bits per heavy atom. The van der Waals surface area contributed by atoms with E-state index in [1.807, 2.05) is 5.10 Å². The van der Waals surface area contributed by atoms with E-state index >= 15 is 0 Å². The van der Waals surface area contributed by atoms with Gasteiger partial charge in [0.2, 0.25) is 0 Å². The summed E-state index contributed by atoms with van der Waals surface area (Å²) in [5.74, 6) is -1.57. The Morgan fingerprint density at radius 1 is 1.29 bits per heavy atom. The molecule has 0 atom stereocenters. The largest absolute Gasteiger partial charge is 0.478 e. The highest BCUT2D eigenvalue weighted by atomic mass is 32.2. The van der Waals surface area contributed by atoms with Crippen LogP contribution in [0.1, 0.15) is 10.4 Å². The number of hydrogen-bond donors (Lipinski definition) is 4. The van der Waals surface area contributed by atoms with Crippen LogP contribution >= 0.6 is 0 Å². The van der Waals surface area contributed by atoms with Crippen molar-refractivity contribution in [1.82, 2.24) is 10.2 Å². The topological polar surface area (TPSA) is 155 Å². The van der Waals surface area contributed by atoms with Crippen molar-refractivity contribution >= 4 is 27.5 Å². The van der Waals surface area contributed by atoms with Gasteiger partial charge in [0.1, 0.15) is 4.90 Å². The molecule has 5 N–H and O–H groups in total. The van der Waals surface area contributed by atoms with Gasteiger partial charge in [-0.3, -0.25) is 9.52 Å². The molecule has 1 aromatic carbocycles. The Balaban J connectivity index is 2.49. The minimum absolute atomic E-state index is 0.0924. The molecule has 21 heavy (non-hydrogen) atoms. The number of aromatic nitrogens is 2. The van der Waals surface area contributed by atoms with Crippen molar-refractivity contribution < 1.29 is 18.3 Å². The summed E-state index contributed by atoms with van der Waals surface area (Å²) in [5, 5.41) is 14.6. The first-order valence-corrected chi connectivity index (χ1v) is 6.99. The zero-order valence-electron chi connectivity index (χ0n) is 10.4. The highest BCUT2D eigenvalue weighted by Crippen LogP contribution is 2.21. The Bertz CT molecular complexity index is 839. The van der Waals surface area contributed by atoms with Crippen LogP contribution in [0.15, 0.2) is 40.0 Å². The third-order valence-electron chi connectivity index (χ3n) is 2.44. The summed E-state index contributed by atoms with van der Waals surface area (Å²) in [6.07, 6.45) is 0. The summed E-state index contributed by atoms with van der Waals surface area (Å²) in [6, 6.07) is 5.61. The molecule has 0 aliphatic carbocycles. The Morgan fingerprint density at radius 3 is 2.57 bits per heavy atom. The molecular formula is C11H10N4O5S. The van der Waals surface area contributed by atoms with Crippen molar-refractivity contribution in [2.24, 2.45) is 0 Å². The molecule has 2 aromatic rings. The molecule has 110 valence electrons. The number of carboxylic acids is 1. The van der Waals surface area contributed by atoms with Crippen molar-refractivity contribution in [2.75, 3.05) is 10.5 Å². The fourth-order valence-corrected chi connectivity index (χ4v) is 2.77. The van der Waals surface area contributed by atoms with Crippen LogP contribution in [0.25, 0.3) is 0 Å². The van der Waals surface area contributed by atoms with Crippen LogP contribution < -0.4 is 16.0 Å². The van der Waals surface area contributed by atoms with Crippen molar-refractivity contribution in [1.29, 1.82) is 0 Å². The number of hydrogen-bond acceptors (Lipinski definition) is 6. The fraction of sp³-hybridized carbons (Fsp3) is 0. The van der Waals surface area contributed by atoms with Gasteiger partial charge < -0.3 is 10.8 Å². The maximum atomic E-state index is 12.2. The second-order valence-corrected chi connectivity index (χ2v) is 5.62. The van der Waals surface area contributed by atoms with E-state index in [1.54, 1.807) is 0 Å². The van der Waals surface area contributed by atoms with Crippen molar-refractivity contribution in [3.63, 3.8) is 0 Å². The molecule has 0 amide bonds. The van der Waals surface area contributed by atoms with E-state index in [2.05, 4.69) is 9.82 Å². The average Bonchev–Trinajstić information content (AvgIpc) is 2.41. The summed E-state index contributed by atoms with van der Waals surface area (Å²) in [5.41, 5.74) is 4.65. The first kappa shape index (κ1) is 14.5. The maximum absolute atomic E-state index is 12.2. The standard InChI is InChI=1S/C11H10N4O5S/c12-6-1-2-7(11(17)18)8(5-6)21(19,20)15-9-3-4-10(16)14-13-9/h1-5H,12H2,(H,13,15)(H,14,16)(H,17,18). The number of H-pyrrole nitrogens is 1. The molecule has 0 aliphatic heterocycles. The van der Waals surface area contributed by atoms with Gasteiger partial charge in [0.15, 0.2) is 5.82 Å². The van der Waals surface area contributed by atoms with Gasteiger partial charge in [-0.25, -0.2) is 18.3 Å². The molecule has 0 saturated heterocycles. The smallest absolute Gasteiger partial charge is 0.337 e. The van der Waals surface area contributed by atoms with Gasteiger partial charge in [0, 0.05) is 11.8 Å². The summed E-state index contributed by atoms with van der Waals surface area (Å²) >= 11 is 0. The second kappa shape index (κ2) is 5.25. The summed E-state index contributed by atoms with van der Waals surface area (Å²) < 4.78 is 26.5. The van der Waals surface area contributed by atoms with E-state index in [9.17, 15) is 18.0 Å². The first-order valence-electron chi connectivity index (χ1n) is 5.51. The van der Waals surface area contributed by atoms with Crippen LogP contribution in [-0.4, -0.2) is 29.7 Å². The van der Waals surface area contributed by atoms with Crippen LogP contribution in [0.2, 0.25) is 0 Å². The number of benzene rings is 1. The van der Waals surface area contributed by atoms with E-state index in [0.29, 0.717) is 0 Å². The molecule has 1 aromatic heterocycles. The Labute approximate surface area is 118 Å². The quantitative estimate of drug-likeness (QED) is 0.572. The molecular weight excluding hydrogens is 300 g/mol. The first-order chi connectivity index (χ1) is 9.79. The van der Waals surface area contributed by atoms with Gasteiger partial charge in [-0.1, -0.05) is 0 Å². The summed E-state index contributed by atoms with van der Waals surface area (Å²) in [4.78, 5) is 21.4. The van der Waals surface area contributed by atoms with E-state index in [1.165, 1.54) is 6.07 Å². The molecule has 0 unspecified atom stereocenters. The van der Waals surface area contributed by atoms with E-state index in [-0.39, 0.29) is 11.5 Å². The third-order valence-corrected chi connectivity index (χ3v) is 3.84. The molecule has 0 spiro atoms. The minimum atomic E-state index is -4.22. The van der Waals surface area contributed by atoms with E-state index in [4.69, 9.17) is 10.8 Å². The van der Waals surface area contributed by atoms with Gasteiger partial charge >= 0.3 is 5.97 Å². The van der Waals surface area contributed by atoms with Crippen molar-refractivity contribution in [2.45, 2.75) is 4.90 Å². The lowest BCUT2D eigenvalue weighted by Gasteiger charge is -2.10. The van der Waals surface area contributed by atoms with Gasteiger partial charge in [0.05, 0.1) is 5.56 Å². The third kappa shape index (κ3) is 3.17. The molecule has 0 radical (unpaired) electrons. The monoisotopic (exact) mass is 310 g/mol. The van der Waals surface area contributed by atoms with Crippen molar-refractivity contribution in [3.8, 4) is 0 Å². The van der Waals surface area contributed by atoms with Crippen LogP contribution in [0.5, 0.6) is 0 Å². The number of nitrogens with two attached hydrogens (primary N) is 1. The van der Waals surface area contributed by atoms with Gasteiger partial charge in [-0.15, -0.1) is 0 Å². The normalized spacial score (nSPS) is 11.0. The minimum Gasteiger partial charge on any atom is -0.478 e. The number of nitrogen functional groups attached to an aromatic ring is 1. The van der Waals surface area contributed by atoms with E-state index < -0.39 is 32.0 Å². The SMILES string of the molecule is Nc1ccc(C(=O)O)c(S(=O)(=O)Nc2ccc(=O)[nH]n2)c1. The number of sulfonamides is 1. The molecule has 2 rings (SSSR count). The average molecular weight is 310 g/mol. The Kier molecular flexibility index (Phi) is 3.63. The molecule has 1 heterocycles. The lowest BCUT2D eigenvalue weighted by Crippen LogP contribution is -2.19. The number of carbonyl (C=O) groups is 1. The Hall–Kier alpha value is -2.88. The molecule has 0 fully saturated rings. The van der Waals surface area contributed by atoms with Crippen LogP contribution in [0.3, 0.4) is 0 Å². The van der Waals surface area contributed by atoms with E-state index in [0.717, 1.165) is 24.3 Å². The summed E-state index contributed by atoms with van der Waals surface area (Å²) in [7, 11) is -4.22. The zero-order chi connectivity index (χ0) is 15.6.